The lowest BCUT2D eigenvalue weighted by atomic mass is 9.95. The number of rotatable bonds is 4. The van der Waals surface area contributed by atoms with Gasteiger partial charge in [-0.2, -0.15) is 0 Å². The molecule has 10 rings (SSSR count). The second-order valence-corrected chi connectivity index (χ2v) is 12.5. The summed E-state index contributed by atoms with van der Waals surface area (Å²) >= 11 is 0. The number of para-hydroxylation sites is 2. The van der Waals surface area contributed by atoms with Crippen molar-refractivity contribution < 1.29 is 4.42 Å². The Labute approximate surface area is 282 Å². The van der Waals surface area contributed by atoms with Crippen molar-refractivity contribution in [2.75, 3.05) is 0 Å². The number of nitrogens with zero attached hydrogens (tertiary/aromatic N) is 2. The summed E-state index contributed by atoms with van der Waals surface area (Å²) in [4.78, 5) is 11.0. The zero-order chi connectivity index (χ0) is 32.3. The molecular weight excluding hydrogens is 597 g/mol. The molecule has 0 saturated carbocycles. The molecule has 0 aliphatic heterocycles. The lowest BCUT2D eigenvalue weighted by Crippen LogP contribution is -1.98. The molecule has 0 aliphatic rings. The van der Waals surface area contributed by atoms with Gasteiger partial charge < -0.3 is 4.42 Å². The average molecular weight is 625 g/mol. The maximum Gasteiger partial charge on any atom is 0.143 e. The summed E-state index contributed by atoms with van der Waals surface area (Å²) in [5.74, 6) is 0. The van der Waals surface area contributed by atoms with E-state index in [0.717, 1.165) is 82.9 Å². The highest BCUT2D eigenvalue weighted by Gasteiger charge is 2.19. The second-order valence-electron chi connectivity index (χ2n) is 12.5. The van der Waals surface area contributed by atoms with Crippen LogP contribution in [0.25, 0.3) is 99.3 Å². The molecule has 2 aromatic heterocycles. The molecule has 0 aliphatic carbocycles. The van der Waals surface area contributed by atoms with Crippen molar-refractivity contribution in [3.8, 4) is 44.8 Å². The molecule has 0 fully saturated rings. The quantitative estimate of drug-likeness (QED) is 0.183. The normalized spacial score (nSPS) is 11.7. The van der Waals surface area contributed by atoms with Crippen LogP contribution in [0.15, 0.2) is 174 Å². The monoisotopic (exact) mass is 624 g/mol. The highest BCUT2D eigenvalue weighted by atomic mass is 16.3. The maximum atomic E-state index is 6.44. The van der Waals surface area contributed by atoms with E-state index in [2.05, 4.69) is 152 Å². The van der Waals surface area contributed by atoms with E-state index >= 15 is 0 Å². The molecule has 3 heteroatoms. The van der Waals surface area contributed by atoms with Crippen LogP contribution in [-0.2, 0) is 0 Å². The Bertz CT molecular complexity index is 2870. The predicted octanol–water partition coefficient (Wildman–Crippen LogP) is 12.5. The van der Waals surface area contributed by atoms with E-state index in [9.17, 15) is 0 Å². The van der Waals surface area contributed by atoms with Gasteiger partial charge in [-0.3, -0.25) is 0 Å². The van der Waals surface area contributed by atoms with Gasteiger partial charge in [-0.25, -0.2) is 9.97 Å². The Kier molecular flexibility index (Phi) is 6.18. The van der Waals surface area contributed by atoms with Crippen LogP contribution in [0.4, 0.5) is 0 Å². The summed E-state index contributed by atoms with van der Waals surface area (Å²) in [5.41, 5.74) is 11.8. The van der Waals surface area contributed by atoms with Crippen LogP contribution in [0.5, 0.6) is 0 Å². The number of furan rings is 1. The van der Waals surface area contributed by atoms with E-state index in [0.29, 0.717) is 0 Å². The number of benzene rings is 8. The predicted molar refractivity (Wildman–Crippen MR) is 204 cm³/mol. The molecule has 0 N–H and O–H groups in total. The van der Waals surface area contributed by atoms with Crippen LogP contribution in [0.3, 0.4) is 0 Å². The Balaban J connectivity index is 1.23. The molecule has 0 spiro atoms. The van der Waals surface area contributed by atoms with Crippen LogP contribution < -0.4 is 0 Å². The highest BCUT2D eigenvalue weighted by Crippen LogP contribution is 2.41. The topological polar surface area (TPSA) is 38.9 Å². The first-order valence-electron chi connectivity index (χ1n) is 16.6. The molecule has 2 heterocycles. The van der Waals surface area contributed by atoms with Gasteiger partial charge in [-0.1, -0.05) is 158 Å². The summed E-state index contributed by atoms with van der Waals surface area (Å²) in [5, 5.41) is 6.79. The largest absolute Gasteiger partial charge is 0.455 e. The van der Waals surface area contributed by atoms with Crippen LogP contribution in [-0.4, -0.2) is 9.97 Å². The van der Waals surface area contributed by atoms with Crippen molar-refractivity contribution in [1.29, 1.82) is 0 Å². The molecule has 0 atom stereocenters. The van der Waals surface area contributed by atoms with E-state index in [4.69, 9.17) is 14.4 Å². The molecular formula is C46H28N2O. The van der Waals surface area contributed by atoms with Crippen LogP contribution in [0.1, 0.15) is 0 Å². The van der Waals surface area contributed by atoms with Crippen molar-refractivity contribution in [3.05, 3.63) is 170 Å². The Morgan fingerprint density at radius 1 is 0.327 bits per heavy atom. The Hall–Kier alpha value is -6.58. The second kappa shape index (κ2) is 11.0. The molecule has 10 aromatic rings. The van der Waals surface area contributed by atoms with E-state index in [-0.39, 0.29) is 0 Å². The van der Waals surface area contributed by atoms with E-state index in [1.165, 1.54) is 16.3 Å². The van der Waals surface area contributed by atoms with Crippen LogP contribution >= 0.6 is 0 Å². The first-order valence-corrected chi connectivity index (χ1v) is 16.6. The minimum absolute atomic E-state index is 0.846. The van der Waals surface area contributed by atoms with Gasteiger partial charge in [0.25, 0.3) is 0 Å². The fourth-order valence-electron chi connectivity index (χ4n) is 7.32. The van der Waals surface area contributed by atoms with E-state index < -0.39 is 0 Å². The first kappa shape index (κ1) is 27.5. The van der Waals surface area contributed by atoms with Crippen LogP contribution in [0, 0.1) is 0 Å². The van der Waals surface area contributed by atoms with Gasteiger partial charge in [0.15, 0.2) is 0 Å². The third-order valence-corrected chi connectivity index (χ3v) is 9.67. The summed E-state index contributed by atoms with van der Waals surface area (Å²) in [6.07, 6.45) is 0. The summed E-state index contributed by atoms with van der Waals surface area (Å²) in [7, 11) is 0. The highest BCUT2D eigenvalue weighted by molar-refractivity contribution is 6.23. The summed E-state index contributed by atoms with van der Waals surface area (Å²) in [6, 6.07) is 59.5. The summed E-state index contributed by atoms with van der Waals surface area (Å²) in [6.45, 7) is 0. The van der Waals surface area contributed by atoms with Gasteiger partial charge in [0.2, 0.25) is 0 Å². The number of hydrogen-bond acceptors (Lipinski definition) is 3. The van der Waals surface area contributed by atoms with Crippen molar-refractivity contribution >= 4 is 54.5 Å². The molecule has 3 nitrogen and oxygen atoms in total. The fraction of sp³-hybridized carbons (Fsp3) is 0. The Morgan fingerprint density at radius 2 is 0.816 bits per heavy atom. The zero-order valence-electron chi connectivity index (χ0n) is 26.5. The smallest absolute Gasteiger partial charge is 0.143 e. The van der Waals surface area contributed by atoms with Gasteiger partial charge in [-0.15, -0.1) is 0 Å². The minimum atomic E-state index is 0.846. The lowest BCUT2D eigenvalue weighted by Gasteiger charge is -2.15. The van der Waals surface area contributed by atoms with E-state index in [1.807, 2.05) is 18.2 Å². The molecule has 228 valence electrons. The van der Waals surface area contributed by atoms with Crippen molar-refractivity contribution in [1.82, 2.24) is 9.97 Å². The number of aromatic nitrogens is 2. The van der Waals surface area contributed by atoms with Gasteiger partial charge in [0.05, 0.1) is 22.4 Å². The number of fused-ring (bicyclic) bond motifs is 9. The fourth-order valence-corrected chi connectivity index (χ4v) is 7.32. The van der Waals surface area contributed by atoms with Crippen molar-refractivity contribution in [2.24, 2.45) is 0 Å². The molecule has 0 bridgehead atoms. The molecule has 0 saturated heterocycles. The van der Waals surface area contributed by atoms with Crippen molar-refractivity contribution in [3.63, 3.8) is 0 Å². The summed E-state index contributed by atoms with van der Waals surface area (Å²) < 4.78 is 6.44. The molecule has 0 unspecified atom stereocenters. The number of hydrogen-bond donors (Lipinski definition) is 0. The minimum Gasteiger partial charge on any atom is -0.455 e. The maximum absolute atomic E-state index is 6.44. The third kappa shape index (κ3) is 4.44. The zero-order valence-corrected chi connectivity index (χ0v) is 26.5. The molecule has 49 heavy (non-hydrogen) atoms. The van der Waals surface area contributed by atoms with Gasteiger partial charge in [-0.05, 0) is 39.6 Å². The molecule has 0 radical (unpaired) electrons. The average Bonchev–Trinajstić information content (AvgIpc) is 3.57. The Morgan fingerprint density at radius 3 is 1.53 bits per heavy atom. The lowest BCUT2D eigenvalue weighted by molar-refractivity contribution is 0.670. The molecule has 8 aromatic carbocycles. The van der Waals surface area contributed by atoms with Gasteiger partial charge in [0.1, 0.15) is 11.2 Å². The van der Waals surface area contributed by atoms with E-state index in [1.54, 1.807) is 0 Å². The van der Waals surface area contributed by atoms with Gasteiger partial charge >= 0.3 is 0 Å². The SMILES string of the molecule is c1ccc(-c2ccc(-c3nc4c5ccccc5c5ccccc5c4nc3-c3cccc(-c4cccc5c4oc4ccccc45)c3)cc2)cc1. The standard InChI is InChI=1S/C46H28N2O/c1-2-12-29(13-3-1)30-24-26-31(27-25-30)42-43(48-45-39-20-7-5-17-36(39)35-16-4-6-19-38(35)44(45)47-42)33-15-10-14-32(28-33)34-21-11-22-40-37-18-8-9-23-41(37)49-46(34)40/h1-28H. The first-order chi connectivity index (χ1) is 24.3. The molecule has 0 amide bonds. The third-order valence-electron chi connectivity index (χ3n) is 9.67. The van der Waals surface area contributed by atoms with Gasteiger partial charge in [0, 0.05) is 38.2 Å². The van der Waals surface area contributed by atoms with Crippen molar-refractivity contribution in [2.45, 2.75) is 0 Å². The van der Waals surface area contributed by atoms with Crippen LogP contribution in [0.2, 0.25) is 0 Å².